The molecule has 116 valence electrons. The van der Waals surface area contributed by atoms with E-state index in [0.29, 0.717) is 6.61 Å². The molecule has 0 aliphatic rings. The molecule has 1 aromatic heterocycles. The summed E-state index contributed by atoms with van der Waals surface area (Å²) >= 11 is 6.34. The smallest absolute Gasteiger partial charge is 0.147 e. The second-order valence-electron chi connectivity index (χ2n) is 6.71. The van der Waals surface area contributed by atoms with Crippen molar-refractivity contribution in [3.63, 3.8) is 0 Å². The van der Waals surface area contributed by atoms with Gasteiger partial charge in [0.15, 0.2) is 0 Å². The van der Waals surface area contributed by atoms with Gasteiger partial charge in [-0.25, -0.2) is 4.98 Å². The van der Waals surface area contributed by atoms with Gasteiger partial charge in [-0.1, -0.05) is 33.8 Å². The summed E-state index contributed by atoms with van der Waals surface area (Å²) in [4.78, 5) is 4.76. The van der Waals surface area contributed by atoms with Crippen LogP contribution in [0.1, 0.15) is 52.2 Å². The van der Waals surface area contributed by atoms with E-state index in [1.165, 1.54) is 0 Å². The monoisotopic (exact) mass is 308 g/mol. The van der Waals surface area contributed by atoms with Crippen molar-refractivity contribution >= 4 is 22.6 Å². The van der Waals surface area contributed by atoms with Gasteiger partial charge in [-0.2, -0.15) is 0 Å². The first-order valence-corrected chi connectivity index (χ1v) is 8.03. The standard InChI is InChI=1S/C17H25ClN2O/c1-6-10-21-14-9-7-8-13-15(14)19-16(12(2)18)20(13)11-17(3,4)5/h7-9,12H,6,10-11H2,1-5H3. The molecular formula is C17H25ClN2O. The number of fused-ring (bicyclic) bond motifs is 1. The summed E-state index contributed by atoms with van der Waals surface area (Å²) < 4.78 is 8.06. The first-order chi connectivity index (χ1) is 9.83. The second-order valence-corrected chi connectivity index (χ2v) is 7.36. The van der Waals surface area contributed by atoms with Crippen molar-refractivity contribution in [1.29, 1.82) is 0 Å². The van der Waals surface area contributed by atoms with E-state index < -0.39 is 0 Å². The lowest BCUT2D eigenvalue weighted by Gasteiger charge is -2.21. The van der Waals surface area contributed by atoms with Gasteiger partial charge < -0.3 is 9.30 Å². The zero-order valence-corrected chi connectivity index (χ0v) is 14.4. The Morgan fingerprint density at radius 1 is 1.33 bits per heavy atom. The second kappa shape index (κ2) is 6.27. The number of imidazole rings is 1. The molecule has 2 rings (SSSR count). The van der Waals surface area contributed by atoms with E-state index in [1.807, 2.05) is 19.1 Å². The van der Waals surface area contributed by atoms with E-state index in [2.05, 4.69) is 38.3 Å². The third kappa shape index (κ3) is 3.70. The molecule has 2 aromatic rings. The van der Waals surface area contributed by atoms with Crippen molar-refractivity contribution in [3.05, 3.63) is 24.0 Å². The maximum absolute atomic E-state index is 6.34. The number of alkyl halides is 1. The Labute approximate surface area is 132 Å². The van der Waals surface area contributed by atoms with Crippen molar-refractivity contribution in [1.82, 2.24) is 9.55 Å². The van der Waals surface area contributed by atoms with Gasteiger partial charge in [-0.15, -0.1) is 11.6 Å². The van der Waals surface area contributed by atoms with Crippen LogP contribution in [0.5, 0.6) is 5.75 Å². The molecule has 0 radical (unpaired) electrons. The average Bonchev–Trinajstić information content (AvgIpc) is 2.74. The summed E-state index contributed by atoms with van der Waals surface area (Å²) in [5, 5.41) is -0.126. The van der Waals surface area contributed by atoms with Gasteiger partial charge in [-0.05, 0) is 30.9 Å². The lowest BCUT2D eigenvalue weighted by Crippen LogP contribution is -2.17. The Kier molecular flexibility index (Phi) is 4.82. The number of hydrogen-bond acceptors (Lipinski definition) is 2. The zero-order chi connectivity index (χ0) is 15.6. The third-order valence-corrected chi connectivity index (χ3v) is 3.42. The Bertz CT molecular complexity index is 611. The van der Waals surface area contributed by atoms with Crippen molar-refractivity contribution in [2.75, 3.05) is 6.61 Å². The number of para-hydroxylation sites is 1. The number of aromatic nitrogens is 2. The molecule has 1 heterocycles. The van der Waals surface area contributed by atoms with E-state index in [1.54, 1.807) is 0 Å². The summed E-state index contributed by atoms with van der Waals surface area (Å²) in [6, 6.07) is 6.10. The molecule has 0 bridgehead atoms. The molecule has 0 aliphatic carbocycles. The van der Waals surface area contributed by atoms with E-state index in [-0.39, 0.29) is 10.8 Å². The van der Waals surface area contributed by atoms with Crippen LogP contribution >= 0.6 is 11.6 Å². The minimum absolute atomic E-state index is 0.126. The number of rotatable bonds is 5. The Morgan fingerprint density at radius 3 is 2.62 bits per heavy atom. The Hall–Kier alpha value is -1.22. The summed E-state index contributed by atoms with van der Waals surface area (Å²) in [5.74, 6) is 1.76. The van der Waals surface area contributed by atoms with Gasteiger partial charge in [0.2, 0.25) is 0 Å². The van der Waals surface area contributed by atoms with Crippen LogP contribution in [0, 0.1) is 5.41 Å². The molecule has 0 fully saturated rings. The number of nitrogens with zero attached hydrogens (tertiary/aromatic N) is 2. The van der Waals surface area contributed by atoms with Gasteiger partial charge in [0.05, 0.1) is 17.5 Å². The zero-order valence-electron chi connectivity index (χ0n) is 13.6. The van der Waals surface area contributed by atoms with Crippen LogP contribution in [0.4, 0.5) is 0 Å². The van der Waals surface area contributed by atoms with Crippen LogP contribution in [-0.4, -0.2) is 16.2 Å². The van der Waals surface area contributed by atoms with Crippen molar-refractivity contribution in [2.45, 2.75) is 53.0 Å². The predicted molar refractivity (Wildman–Crippen MR) is 89.2 cm³/mol. The molecule has 3 nitrogen and oxygen atoms in total. The van der Waals surface area contributed by atoms with Crippen LogP contribution < -0.4 is 4.74 Å². The van der Waals surface area contributed by atoms with Crippen molar-refractivity contribution < 1.29 is 4.74 Å². The van der Waals surface area contributed by atoms with Crippen LogP contribution in [0.2, 0.25) is 0 Å². The van der Waals surface area contributed by atoms with E-state index in [9.17, 15) is 0 Å². The largest absolute Gasteiger partial charge is 0.491 e. The topological polar surface area (TPSA) is 27.1 Å². The number of ether oxygens (including phenoxy) is 1. The SMILES string of the molecule is CCCOc1cccc2c1nc(C(C)Cl)n2CC(C)(C)C. The first-order valence-electron chi connectivity index (χ1n) is 7.59. The van der Waals surface area contributed by atoms with Crippen LogP contribution in [0.25, 0.3) is 11.0 Å². The maximum Gasteiger partial charge on any atom is 0.147 e. The van der Waals surface area contributed by atoms with Gasteiger partial charge >= 0.3 is 0 Å². The quantitative estimate of drug-likeness (QED) is 0.712. The van der Waals surface area contributed by atoms with E-state index in [4.69, 9.17) is 21.3 Å². The lowest BCUT2D eigenvalue weighted by atomic mass is 9.96. The van der Waals surface area contributed by atoms with Gasteiger partial charge in [0.1, 0.15) is 17.1 Å². The predicted octanol–water partition coefficient (Wildman–Crippen LogP) is 5.17. The summed E-state index contributed by atoms with van der Waals surface area (Å²) in [6.07, 6.45) is 0.984. The lowest BCUT2D eigenvalue weighted by molar-refractivity contribution is 0.320. The van der Waals surface area contributed by atoms with Crippen LogP contribution in [-0.2, 0) is 6.54 Å². The molecule has 1 atom stereocenters. The van der Waals surface area contributed by atoms with Crippen molar-refractivity contribution in [2.24, 2.45) is 5.41 Å². The fourth-order valence-corrected chi connectivity index (χ4v) is 2.58. The molecule has 0 spiro atoms. The fourth-order valence-electron chi connectivity index (χ4n) is 2.41. The average molecular weight is 309 g/mol. The van der Waals surface area contributed by atoms with Gasteiger partial charge in [0.25, 0.3) is 0 Å². The molecule has 4 heteroatoms. The maximum atomic E-state index is 6.34. The number of hydrogen-bond donors (Lipinski definition) is 0. The number of benzene rings is 1. The molecule has 1 unspecified atom stereocenters. The molecule has 21 heavy (non-hydrogen) atoms. The van der Waals surface area contributed by atoms with E-state index >= 15 is 0 Å². The normalized spacial score (nSPS) is 13.6. The van der Waals surface area contributed by atoms with Crippen LogP contribution in [0.15, 0.2) is 18.2 Å². The molecular weight excluding hydrogens is 284 g/mol. The molecule has 0 amide bonds. The van der Waals surface area contributed by atoms with Gasteiger partial charge in [-0.3, -0.25) is 0 Å². The van der Waals surface area contributed by atoms with E-state index in [0.717, 1.165) is 35.6 Å². The molecule has 0 aliphatic heterocycles. The third-order valence-electron chi connectivity index (χ3n) is 3.22. The molecule has 0 saturated carbocycles. The molecule has 1 aromatic carbocycles. The summed E-state index contributed by atoms with van der Waals surface area (Å²) in [7, 11) is 0. The summed E-state index contributed by atoms with van der Waals surface area (Å²) in [5.41, 5.74) is 2.17. The minimum atomic E-state index is -0.126. The van der Waals surface area contributed by atoms with Crippen molar-refractivity contribution in [3.8, 4) is 5.75 Å². The molecule has 0 saturated heterocycles. The molecule has 0 N–H and O–H groups in total. The fraction of sp³-hybridized carbons (Fsp3) is 0.588. The highest BCUT2D eigenvalue weighted by atomic mass is 35.5. The number of halogens is 1. The Morgan fingerprint density at radius 2 is 2.05 bits per heavy atom. The Balaban J connectivity index is 2.56. The van der Waals surface area contributed by atoms with Gasteiger partial charge in [0, 0.05) is 6.54 Å². The highest BCUT2D eigenvalue weighted by Crippen LogP contribution is 2.32. The minimum Gasteiger partial charge on any atom is -0.491 e. The first kappa shape index (κ1) is 16.2. The summed E-state index contributed by atoms with van der Waals surface area (Å²) in [6.45, 7) is 12.3. The highest BCUT2D eigenvalue weighted by Gasteiger charge is 2.21. The van der Waals surface area contributed by atoms with Crippen LogP contribution in [0.3, 0.4) is 0 Å². The highest BCUT2D eigenvalue weighted by molar-refractivity contribution is 6.20.